The van der Waals surface area contributed by atoms with Crippen molar-refractivity contribution in [1.82, 2.24) is 10.6 Å². The van der Waals surface area contributed by atoms with E-state index in [-0.39, 0.29) is 23.8 Å². The van der Waals surface area contributed by atoms with E-state index in [1.165, 1.54) is 7.11 Å². The molecule has 1 aliphatic heterocycles. The lowest BCUT2D eigenvalue weighted by Crippen LogP contribution is -2.37. The zero-order valence-corrected chi connectivity index (χ0v) is 13.9. The summed E-state index contributed by atoms with van der Waals surface area (Å²) in [7, 11) is 1.38. The first-order valence-corrected chi connectivity index (χ1v) is 8.22. The first kappa shape index (κ1) is 17.5. The summed E-state index contributed by atoms with van der Waals surface area (Å²) in [5, 5.41) is 6.18. The van der Waals surface area contributed by atoms with Crippen LogP contribution in [-0.4, -0.2) is 38.1 Å². The average Bonchev–Trinajstić information content (AvgIpc) is 3.03. The fraction of sp³-hybridized carbons (Fsp3) is 0.556. The molecule has 0 spiro atoms. The SMILES string of the molecule is COC(=O)C(CNC(=O)CC1CCCN1)Cc1cccc(C)c1. The second kappa shape index (κ2) is 8.67. The predicted molar refractivity (Wildman–Crippen MR) is 89.0 cm³/mol. The summed E-state index contributed by atoms with van der Waals surface area (Å²) in [6.07, 6.45) is 3.20. The first-order valence-electron chi connectivity index (χ1n) is 8.22. The maximum atomic E-state index is 12.0. The Morgan fingerprint density at radius 1 is 1.43 bits per heavy atom. The van der Waals surface area contributed by atoms with E-state index in [4.69, 9.17) is 4.74 Å². The van der Waals surface area contributed by atoms with E-state index in [1.54, 1.807) is 0 Å². The van der Waals surface area contributed by atoms with E-state index in [9.17, 15) is 9.59 Å². The Balaban J connectivity index is 1.87. The topological polar surface area (TPSA) is 67.4 Å². The highest BCUT2D eigenvalue weighted by Gasteiger charge is 2.22. The number of benzene rings is 1. The van der Waals surface area contributed by atoms with Gasteiger partial charge in [0.2, 0.25) is 5.91 Å². The van der Waals surface area contributed by atoms with Crippen molar-refractivity contribution >= 4 is 11.9 Å². The third-order valence-corrected chi connectivity index (χ3v) is 4.24. The van der Waals surface area contributed by atoms with Crippen LogP contribution in [0.3, 0.4) is 0 Å². The van der Waals surface area contributed by atoms with Crippen molar-refractivity contribution in [3.63, 3.8) is 0 Å². The van der Waals surface area contributed by atoms with Crippen LogP contribution in [0.4, 0.5) is 0 Å². The van der Waals surface area contributed by atoms with Gasteiger partial charge in [0, 0.05) is 19.0 Å². The van der Waals surface area contributed by atoms with Gasteiger partial charge >= 0.3 is 5.97 Å². The molecule has 1 aromatic rings. The van der Waals surface area contributed by atoms with E-state index in [2.05, 4.69) is 16.7 Å². The van der Waals surface area contributed by atoms with Crippen molar-refractivity contribution in [1.29, 1.82) is 0 Å². The normalized spacial score (nSPS) is 18.4. The molecule has 5 heteroatoms. The number of amides is 1. The molecular formula is C18H26N2O3. The van der Waals surface area contributed by atoms with Crippen LogP contribution in [0.5, 0.6) is 0 Å². The van der Waals surface area contributed by atoms with Gasteiger partial charge in [-0.25, -0.2) is 0 Å². The highest BCUT2D eigenvalue weighted by molar-refractivity contribution is 5.78. The van der Waals surface area contributed by atoms with Crippen LogP contribution in [0.15, 0.2) is 24.3 Å². The lowest BCUT2D eigenvalue weighted by atomic mass is 9.98. The predicted octanol–water partition coefficient (Wildman–Crippen LogP) is 1.59. The lowest BCUT2D eigenvalue weighted by Gasteiger charge is -2.17. The van der Waals surface area contributed by atoms with Crippen molar-refractivity contribution in [2.24, 2.45) is 5.92 Å². The molecule has 2 unspecified atom stereocenters. The number of methoxy groups -OCH3 is 1. The first-order chi connectivity index (χ1) is 11.1. The molecular weight excluding hydrogens is 292 g/mol. The minimum Gasteiger partial charge on any atom is -0.469 e. The lowest BCUT2D eigenvalue weighted by molar-refractivity contribution is -0.145. The number of hydrogen-bond acceptors (Lipinski definition) is 4. The van der Waals surface area contributed by atoms with Gasteiger partial charge in [0.15, 0.2) is 0 Å². The summed E-state index contributed by atoms with van der Waals surface area (Å²) in [6.45, 7) is 3.31. The Hall–Kier alpha value is -1.88. The number of ether oxygens (including phenoxy) is 1. The van der Waals surface area contributed by atoms with Gasteiger partial charge in [0.1, 0.15) is 0 Å². The summed E-state index contributed by atoms with van der Waals surface area (Å²) in [4.78, 5) is 24.0. The Morgan fingerprint density at radius 2 is 2.26 bits per heavy atom. The van der Waals surface area contributed by atoms with Crippen molar-refractivity contribution in [3.8, 4) is 0 Å². The molecule has 1 aromatic carbocycles. The van der Waals surface area contributed by atoms with Crippen LogP contribution in [0.1, 0.15) is 30.4 Å². The smallest absolute Gasteiger partial charge is 0.310 e. The maximum Gasteiger partial charge on any atom is 0.310 e. The van der Waals surface area contributed by atoms with Gasteiger partial charge in [-0.2, -0.15) is 0 Å². The van der Waals surface area contributed by atoms with E-state index >= 15 is 0 Å². The Bertz CT molecular complexity index is 539. The van der Waals surface area contributed by atoms with Gasteiger partial charge < -0.3 is 15.4 Å². The van der Waals surface area contributed by atoms with E-state index in [1.807, 2.05) is 25.1 Å². The van der Waals surface area contributed by atoms with Gasteiger partial charge in [0.05, 0.1) is 13.0 Å². The van der Waals surface area contributed by atoms with Crippen molar-refractivity contribution in [2.75, 3.05) is 20.2 Å². The number of nitrogens with one attached hydrogen (secondary N) is 2. The molecule has 1 aliphatic rings. The third kappa shape index (κ3) is 5.67. The summed E-state index contributed by atoms with van der Waals surface area (Å²) < 4.78 is 4.88. The Kier molecular flexibility index (Phi) is 6.59. The molecule has 0 aromatic heterocycles. The zero-order valence-electron chi connectivity index (χ0n) is 13.9. The molecule has 0 aliphatic carbocycles. The largest absolute Gasteiger partial charge is 0.469 e. The molecule has 1 heterocycles. The average molecular weight is 318 g/mol. The van der Waals surface area contributed by atoms with Gasteiger partial charge in [-0.05, 0) is 38.3 Å². The van der Waals surface area contributed by atoms with Gasteiger partial charge in [-0.3, -0.25) is 9.59 Å². The van der Waals surface area contributed by atoms with Crippen LogP contribution >= 0.6 is 0 Å². The van der Waals surface area contributed by atoms with Crippen LogP contribution in [0.25, 0.3) is 0 Å². The fourth-order valence-corrected chi connectivity index (χ4v) is 2.99. The number of rotatable bonds is 7. The molecule has 2 N–H and O–H groups in total. The van der Waals surface area contributed by atoms with Crippen molar-refractivity contribution < 1.29 is 14.3 Å². The van der Waals surface area contributed by atoms with Crippen LogP contribution in [0.2, 0.25) is 0 Å². The molecule has 1 saturated heterocycles. The standard InChI is InChI=1S/C18H26N2O3/c1-13-5-3-6-14(9-13)10-15(18(22)23-2)12-20-17(21)11-16-7-4-8-19-16/h3,5-6,9,15-16,19H,4,7-8,10-12H2,1-2H3,(H,20,21). The number of esters is 1. The molecule has 126 valence electrons. The zero-order chi connectivity index (χ0) is 16.7. The molecule has 5 nitrogen and oxygen atoms in total. The molecule has 1 amide bonds. The second-order valence-corrected chi connectivity index (χ2v) is 6.21. The minimum atomic E-state index is -0.359. The Morgan fingerprint density at radius 3 is 2.91 bits per heavy atom. The minimum absolute atomic E-state index is 0.0115. The number of carbonyl (C=O) groups is 2. The maximum absolute atomic E-state index is 12.0. The molecule has 2 rings (SSSR count). The second-order valence-electron chi connectivity index (χ2n) is 6.21. The summed E-state index contributed by atoms with van der Waals surface area (Å²) >= 11 is 0. The summed E-state index contributed by atoms with van der Waals surface area (Å²) in [5.74, 6) is -0.657. The molecule has 2 atom stereocenters. The molecule has 23 heavy (non-hydrogen) atoms. The van der Waals surface area contributed by atoms with Crippen molar-refractivity contribution in [3.05, 3.63) is 35.4 Å². The summed E-state index contributed by atoms with van der Waals surface area (Å²) in [5.41, 5.74) is 2.23. The third-order valence-electron chi connectivity index (χ3n) is 4.24. The number of hydrogen-bond donors (Lipinski definition) is 2. The van der Waals surface area contributed by atoms with Crippen LogP contribution in [-0.2, 0) is 20.7 Å². The Labute approximate surface area is 137 Å². The van der Waals surface area contributed by atoms with Gasteiger partial charge in [-0.1, -0.05) is 29.8 Å². The highest BCUT2D eigenvalue weighted by Crippen LogP contribution is 2.13. The number of carbonyl (C=O) groups excluding carboxylic acids is 2. The van der Waals surface area contributed by atoms with Crippen LogP contribution in [0, 0.1) is 12.8 Å². The fourth-order valence-electron chi connectivity index (χ4n) is 2.99. The van der Waals surface area contributed by atoms with E-state index < -0.39 is 0 Å². The van der Waals surface area contributed by atoms with Crippen LogP contribution < -0.4 is 10.6 Å². The highest BCUT2D eigenvalue weighted by atomic mass is 16.5. The molecule has 0 radical (unpaired) electrons. The number of aryl methyl sites for hydroxylation is 1. The monoisotopic (exact) mass is 318 g/mol. The summed E-state index contributed by atoms with van der Waals surface area (Å²) in [6, 6.07) is 8.31. The van der Waals surface area contributed by atoms with E-state index in [0.717, 1.165) is 30.5 Å². The molecule has 0 saturated carbocycles. The molecule has 0 bridgehead atoms. The quantitative estimate of drug-likeness (QED) is 0.749. The van der Waals surface area contributed by atoms with Gasteiger partial charge in [0.25, 0.3) is 0 Å². The van der Waals surface area contributed by atoms with Gasteiger partial charge in [-0.15, -0.1) is 0 Å². The van der Waals surface area contributed by atoms with E-state index in [0.29, 0.717) is 19.4 Å². The van der Waals surface area contributed by atoms with Crippen molar-refractivity contribution in [2.45, 2.75) is 38.6 Å². The molecule has 1 fully saturated rings.